The second-order valence-corrected chi connectivity index (χ2v) is 6.35. The SMILES string of the molecule is COC(=O)C1O[C@H](COPI)[C@H](C)[C@H](C)[C@H]1C.[V]. The molecule has 1 radical (unpaired) electrons. The van der Waals surface area contributed by atoms with Gasteiger partial charge in [-0.05, 0) is 39.8 Å². The Morgan fingerprint density at radius 2 is 1.89 bits per heavy atom. The van der Waals surface area contributed by atoms with Crippen molar-refractivity contribution in [3.63, 3.8) is 0 Å². The van der Waals surface area contributed by atoms with Gasteiger partial charge in [0.25, 0.3) is 0 Å². The fourth-order valence-electron chi connectivity index (χ4n) is 2.22. The third kappa shape index (κ3) is 4.60. The Morgan fingerprint density at radius 3 is 2.39 bits per heavy atom. The normalized spacial score (nSPS) is 36.4. The molecule has 0 amide bonds. The van der Waals surface area contributed by atoms with E-state index in [0.717, 1.165) is 0 Å². The standard InChI is InChI=1S/C11H20IO4P.V/c1-6-7(2)9(5-15-17-12)16-10(8(6)3)11(13)14-4;/h6-10,17H,5H2,1-4H3;/t6-,7+,8+,9+,10?;/m0./s1. The zero-order chi connectivity index (χ0) is 13.0. The Hall–Kier alpha value is 1.13. The Kier molecular flexibility index (Phi) is 9.72. The number of carbonyl (C=O) groups is 1. The van der Waals surface area contributed by atoms with Crippen molar-refractivity contribution in [3.8, 4) is 0 Å². The molecule has 4 nitrogen and oxygen atoms in total. The van der Waals surface area contributed by atoms with Crippen molar-refractivity contribution in [2.24, 2.45) is 17.8 Å². The summed E-state index contributed by atoms with van der Waals surface area (Å²) < 4.78 is 16.1. The summed E-state index contributed by atoms with van der Waals surface area (Å²) in [6, 6.07) is 0. The monoisotopic (exact) mass is 425 g/mol. The van der Waals surface area contributed by atoms with Gasteiger partial charge < -0.3 is 14.0 Å². The molecule has 7 heteroatoms. The minimum Gasteiger partial charge on any atom is -0.467 e. The van der Waals surface area contributed by atoms with Gasteiger partial charge in [-0.2, -0.15) is 0 Å². The molecule has 0 N–H and O–H groups in total. The topological polar surface area (TPSA) is 44.8 Å². The molecular formula is C11H20IO4PV. The van der Waals surface area contributed by atoms with Crippen LogP contribution in [-0.4, -0.2) is 31.9 Å². The third-order valence-electron chi connectivity index (χ3n) is 3.78. The maximum absolute atomic E-state index is 11.7. The first-order valence-electron chi connectivity index (χ1n) is 5.73. The molecule has 0 saturated carbocycles. The first-order valence-corrected chi connectivity index (χ1v) is 9.75. The van der Waals surface area contributed by atoms with Gasteiger partial charge >= 0.3 is 5.97 Å². The van der Waals surface area contributed by atoms with E-state index in [4.69, 9.17) is 14.0 Å². The molecule has 0 aromatic heterocycles. The van der Waals surface area contributed by atoms with Gasteiger partial charge in [0.1, 0.15) is 0 Å². The Labute approximate surface area is 136 Å². The number of ether oxygens (including phenoxy) is 2. The average Bonchev–Trinajstić information content (AvgIpc) is 2.34. The van der Waals surface area contributed by atoms with Crippen LogP contribution in [0.2, 0.25) is 0 Å². The molecule has 1 rings (SSSR count). The number of methoxy groups -OCH3 is 1. The fourth-order valence-corrected chi connectivity index (χ4v) is 2.99. The summed E-state index contributed by atoms with van der Waals surface area (Å²) in [7, 11) is 1.40. The van der Waals surface area contributed by atoms with Gasteiger partial charge in [0.15, 0.2) is 6.10 Å². The van der Waals surface area contributed by atoms with Gasteiger partial charge in [0.05, 0.1) is 26.3 Å². The van der Waals surface area contributed by atoms with Crippen LogP contribution < -0.4 is 0 Å². The molecule has 1 saturated heterocycles. The van der Waals surface area contributed by atoms with Gasteiger partial charge in [-0.25, -0.2) is 4.79 Å². The smallest absolute Gasteiger partial charge is 0.335 e. The molecule has 105 valence electrons. The van der Waals surface area contributed by atoms with Crippen LogP contribution in [0.15, 0.2) is 0 Å². The quantitative estimate of drug-likeness (QED) is 0.395. The van der Waals surface area contributed by atoms with Crippen LogP contribution in [0.4, 0.5) is 0 Å². The number of halogens is 1. The zero-order valence-corrected chi connectivity index (χ0v) is 15.6. The Balaban J connectivity index is 0.00000289. The maximum Gasteiger partial charge on any atom is 0.335 e. The van der Waals surface area contributed by atoms with Gasteiger partial charge in [0, 0.05) is 18.6 Å². The van der Waals surface area contributed by atoms with E-state index in [2.05, 4.69) is 35.9 Å². The van der Waals surface area contributed by atoms with Crippen LogP contribution in [0.3, 0.4) is 0 Å². The van der Waals surface area contributed by atoms with E-state index < -0.39 is 6.10 Å². The van der Waals surface area contributed by atoms with Crippen molar-refractivity contribution in [1.29, 1.82) is 0 Å². The molecule has 0 aromatic rings. The molecule has 1 fully saturated rings. The summed E-state index contributed by atoms with van der Waals surface area (Å²) in [6.07, 6.45) is -0.482. The Morgan fingerprint density at radius 1 is 1.28 bits per heavy atom. The summed E-state index contributed by atoms with van der Waals surface area (Å²) in [4.78, 5) is 11.7. The first-order chi connectivity index (χ1) is 8.02. The van der Waals surface area contributed by atoms with Crippen molar-refractivity contribution in [1.82, 2.24) is 0 Å². The van der Waals surface area contributed by atoms with Crippen molar-refractivity contribution >= 4 is 34.5 Å². The van der Waals surface area contributed by atoms with Crippen LogP contribution in [-0.2, 0) is 37.3 Å². The van der Waals surface area contributed by atoms with Crippen molar-refractivity contribution in [2.45, 2.75) is 33.0 Å². The number of hydrogen-bond acceptors (Lipinski definition) is 4. The zero-order valence-electron chi connectivity index (χ0n) is 11.1. The largest absolute Gasteiger partial charge is 0.467 e. The summed E-state index contributed by atoms with van der Waals surface area (Å²) in [5.41, 5.74) is 0. The van der Waals surface area contributed by atoms with E-state index in [1.807, 2.05) is 6.92 Å². The number of esters is 1. The van der Waals surface area contributed by atoms with Crippen LogP contribution in [0, 0.1) is 17.8 Å². The minimum absolute atomic E-state index is 0. The molecule has 6 atom stereocenters. The molecular weight excluding hydrogens is 405 g/mol. The van der Waals surface area contributed by atoms with Crippen LogP contribution in [0.5, 0.6) is 0 Å². The summed E-state index contributed by atoms with van der Waals surface area (Å²) in [6.45, 7) is 7.32. The molecule has 0 bridgehead atoms. The summed E-state index contributed by atoms with van der Waals surface area (Å²) in [5.74, 6) is 0.701. The van der Waals surface area contributed by atoms with Crippen LogP contribution in [0.25, 0.3) is 0 Å². The molecule has 0 aliphatic carbocycles. The van der Waals surface area contributed by atoms with Crippen molar-refractivity contribution in [3.05, 3.63) is 0 Å². The number of carbonyl (C=O) groups excluding carboxylic acids is 1. The third-order valence-corrected chi connectivity index (χ3v) is 4.99. The van der Waals surface area contributed by atoms with E-state index >= 15 is 0 Å². The molecule has 18 heavy (non-hydrogen) atoms. The molecule has 0 spiro atoms. The average molecular weight is 425 g/mol. The second kappa shape index (κ2) is 9.14. The predicted octanol–water partition coefficient (Wildman–Crippen LogP) is 2.79. The Bertz CT molecular complexity index is 269. The van der Waals surface area contributed by atoms with Crippen LogP contribution in [0.1, 0.15) is 20.8 Å². The first kappa shape index (κ1) is 19.1. The maximum atomic E-state index is 11.7. The van der Waals surface area contributed by atoms with E-state index in [-0.39, 0.29) is 36.5 Å². The molecule has 1 heterocycles. The van der Waals surface area contributed by atoms with Gasteiger partial charge in [-0.1, -0.05) is 20.8 Å². The van der Waals surface area contributed by atoms with E-state index in [1.54, 1.807) is 0 Å². The predicted molar refractivity (Wildman–Crippen MR) is 76.5 cm³/mol. The molecule has 1 aliphatic rings. The van der Waals surface area contributed by atoms with Gasteiger partial charge in [0.2, 0.25) is 0 Å². The fraction of sp³-hybridized carbons (Fsp3) is 0.909. The summed E-state index contributed by atoms with van der Waals surface area (Å²) >= 11 is 2.18. The van der Waals surface area contributed by atoms with E-state index in [0.29, 0.717) is 24.9 Å². The van der Waals surface area contributed by atoms with Crippen molar-refractivity contribution < 1.29 is 37.3 Å². The minimum atomic E-state index is -0.461. The van der Waals surface area contributed by atoms with E-state index in [1.165, 1.54) is 7.11 Å². The van der Waals surface area contributed by atoms with Gasteiger partial charge in [-0.3, -0.25) is 0 Å². The molecule has 1 aliphatic heterocycles. The number of hydrogen-bond donors (Lipinski definition) is 0. The number of rotatable bonds is 4. The van der Waals surface area contributed by atoms with Crippen molar-refractivity contribution in [2.75, 3.05) is 13.7 Å². The van der Waals surface area contributed by atoms with E-state index in [9.17, 15) is 4.79 Å². The van der Waals surface area contributed by atoms with Crippen LogP contribution >= 0.6 is 28.5 Å². The molecule has 2 unspecified atom stereocenters. The molecule has 0 aromatic carbocycles. The second-order valence-electron chi connectivity index (χ2n) is 4.58. The van der Waals surface area contributed by atoms with Gasteiger partial charge in [-0.15, -0.1) is 0 Å². The summed E-state index contributed by atoms with van der Waals surface area (Å²) in [5, 5.41) is 0.